The maximum atomic E-state index is 13.4. The van der Waals surface area contributed by atoms with E-state index in [2.05, 4.69) is 10.6 Å². The third-order valence-electron chi connectivity index (χ3n) is 5.67. The highest BCUT2D eigenvalue weighted by Crippen LogP contribution is 2.37. The number of thioether (sulfide) groups is 1. The molecule has 4 aromatic rings. The Morgan fingerprint density at radius 1 is 0.714 bits per heavy atom. The Morgan fingerprint density at radius 3 is 2.06 bits per heavy atom. The van der Waals surface area contributed by atoms with Gasteiger partial charge in [0.05, 0.1) is 0 Å². The molecule has 0 saturated heterocycles. The van der Waals surface area contributed by atoms with E-state index in [-0.39, 0.29) is 11.8 Å². The second-order valence-corrected chi connectivity index (χ2v) is 9.74. The van der Waals surface area contributed by atoms with E-state index in [0.29, 0.717) is 11.3 Å². The maximum absolute atomic E-state index is 13.4. The summed E-state index contributed by atoms with van der Waals surface area (Å²) >= 11 is 1.48. The number of nitrogens with one attached hydrogen (secondary N) is 2. The zero-order valence-corrected chi connectivity index (χ0v) is 20.9. The van der Waals surface area contributed by atoms with Gasteiger partial charge in [0.25, 0.3) is 5.91 Å². The van der Waals surface area contributed by atoms with Gasteiger partial charge in [-0.2, -0.15) is 0 Å². The number of carbonyl (C=O) groups is 2. The van der Waals surface area contributed by atoms with E-state index < -0.39 is 5.25 Å². The van der Waals surface area contributed by atoms with Crippen molar-refractivity contribution in [2.24, 2.45) is 0 Å². The van der Waals surface area contributed by atoms with Crippen LogP contribution in [0.1, 0.15) is 37.9 Å². The lowest BCUT2D eigenvalue weighted by atomic mass is 10.1. The van der Waals surface area contributed by atoms with Crippen LogP contribution in [0.5, 0.6) is 0 Å². The third-order valence-corrected chi connectivity index (χ3v) is 6.94. The van der Waals surface area contributed by atoms with Crippen molar-refractivity contribution in [3.63, 3.8) is 0 Å². The van der Waals surface area contributed by atoms with Crippen molar-refractivity contribution < 1.29 is 9.59 Å². The Bertz CT molecular complexity index is 1320. The molecule has 35 heavy (non-hydrogen) atoms. The molecule has 2 N–H and O–H groups in total. The van der Waals surface area contributed by atoms with Gasteiger partial charge in [0.1, 0.15) is 5.25 Å². The topological polar surface area (TPSA) is 58.2 Å². The summed E-state index contributed by atoms with van der Waals surface area (Å²) in [5.41, 5.74) is 6.30. The summed E-state index contributed by atoms with van der Waals surface area (Å²) in [4.78, 5) is 26.8. The molecule has 4 aromatic carbocycles. The van der Waals surface area contributed by atoms with Crippen LogP contribution in [-0.2, 0) is 4.79 Å². The predicted molar refractivity (Wildman–Crippen MR) is 145 cm³/mol. The van der Waals surface area contributed by atoms with Gasteiger partial charge in [0.2, 0.25) is 5.91 Å². The summed E-state index contributed by atoms with van der Waals surface area (Å²) < 4.78 is 0. The summed E-state index contributed by atoms with van der Waals surface area (Å²) in [6, 6.07) is 30.8. The summed E-state index contributed by atoms with van der Waals surface area (Å²) in [6.45, 7) is 5.99. The standard InChI is InChI=1S/C30H28N2O2S/c1-20-10-13-24(14-11-20)29(33)31-25-15-17-26(18-16-25)35-28(23-7-5-4-6-8-23)30(34)32-27-19-21(2)9-12-22(27)3/h4-19,28H,1-3H3,(H,31,33)(H,32,34). The van der Waals surface area contributed by atoms with Gasteiger partial charge in [0, 0.05) is 21.8 Å². The van der Waals surface area contributed by atoms with Gasteiger partial charge < -0.3 is 10.6 Å². The quantitative estimate of drug-likeness (QED) is 0.272. The Kier molecular flexibility index (Phi) is 7.68. The van der Waals surface area contributed by atoms with Gasteiger partial charge in [-0.05, 0) is 79.9 Å². The average molecular weight is 481 g/mol. The van der Waals surface area contributed by atoms with Gasteiger partial charge >= 0.3 is 0 Å². The van der Waals surface area contributed by atoms with Crippen LogP contribution in [0.4, 0.5) is 11.4 Å². The summed E-state index contributed by atoms with van der Waals surface area (Å²) in [5, 5.41) is 5.62. The van der Waals surface area contributed by atoms with E-state index in [1.165, 1.54) is 11.8 Å². The lowest BCUT2D eigenvalue weighted by molar-refractivity contribution is -0.115. The summed E-state index contributed by atoms with van der Waals surface area (Å²) in [7, 11) is 0. The number of amides is 2. The van der Waals surface area contributed by atoms with Crippen LogP contribution in [0.25, 0.3) is 0 Å². The van der Waals surface area contributed by atoms with Gasteiger partial charge in [-0.1, -0.05) is 60.2 Å². The van der Waals surface area contributed by atoms with Crippen LogP contribution in [0, 0.1) is 20.8 Å². The molecule has 2 amide bonds. The molecule has 0 heterocycles. The number of hydrogen-bond donors (Lipinski definition) is 2. The molecule has 0 aromatic heterocycles. The van der Waals surface area contributed by atoms with E-state index in [4.69, 9.17) is 0 Å². The van der Waals surface area contributed by atoms with Gasteiger partial charge in [0.15, 0.2) is 0 Å². The molecule has 0 aliphatic rings. The highest BCUT2D eigenvalue weighted by molar-refractivity contribution is 8.00. The van der Waals surface area contributed by atoms with Gasteiger partial charge in [-0.3, -0.25) is 9.59 Å². The zero-order chi connectivity index (χ0) is 24.8. The molecule has 0 aliphatic heterocycles. The van der Waals surface area contributed by atoms with Gasteiger partial charge in [-0.25, -0.2) is 0 Å². The Hall–Kier alpha value is -3.83. The van der Waals surface area contributed by atoms with Crippen molar-refractivity contribution in [3.05, 3.63) is 125 Å². The first kappa shape index (κ1) is 24.3. The molecule has 0 fully saturated rings. The van der Waals surface area contributed by atoms with Crippen molar-refractivity contribution in [2.45, 2.75) is 30.9 Å². The summed E-state index contributed by atoms with van der Waals surface area (Å²) in [6.07, 6.45) is 0. The second kappa shape index (κ2) is 11.1. The lowest BCUT2D eigenvalue weighted by Crippen LogP contribution is -2.19. The van der Waals surface area contributed by atoms with E-state index in [0.717, 1.165) is 32.8 Å². The molecule has 176 valence electrons. The molecule has 5 heteroatoms. The molecule has 1 atom stereocenters. The van der Waals surface area contributed by atoms with E-state index in [1.807, 2.05) is 118 Å². The molecule has 0 aliphatic carbocycles. The van der Waals surface area contributed by atoms with Crippen molar-refractivity contribution in [2.75, 3.05) is 10.6 Å². The van der Waals surface area contributed by atoms with Crippen LogP contribution in [0.3, 0.4) is 0 Å². The first-order chi connectivity index (χ1) is 16.9. The van der Waals surface area contributed by atoms with Crippen molar-refractivity contribution in [1.82, 2.24) is 0 Å². The fraction of sp³-hybridized carbons (Fsp3) is 0.133. The molecule has 4 nitrogen and oxygen atoms in total. The smallest absolute Gasteiger partial charge is 0.255 e. The van der Waals surface area contributed by atoms with Crippen LogP contribution in [0.15, 0.2) is 102 Å². The molecular weight excluding hydrogens is 452 g/mol. The maximum Gasteiger partial charge on any atom is 0.255 e. The number of hydrogen-bond acceptors (Lipinski definition) is 3. The van der Waals surface area contributed by atoms with Crippen LogP contribution >= 0.6 is 11.8 Å². The molecule has 0 saturated carbocycles. The predicted octanol–water partition coefficient (Wildman–Crippen LogP) is 7.34. The van der Waals surface area contributed by atoms with E-state index in [9.17, 15) is 9.59 Å². The highest BCUT2D eigenvalue weighted by Gasteiger charge is 2.23. The minimum Gasteiger partial charge on any atom is -0.325 e. The normalized spacial score (nSPS) is 11.5. The third kappa shape index (κ3) is 6.40. The fourth-order valence-corrected chi connectivity index (χ4v) is 4.66. The Labute approximate surface area is 210 Å². The number of benzene rings is 4. The van der Waals surface area contributed by atoms with Crippen LogP contribution < -0.4 is 10.6 Å². The molecule has 4 rings (SSSR count). The number of carbonyl (C=O) groups excluding carboxylic acids is 2. The molecular formula is C30H28N2O2S. The minimum atomic E-state index is -0.427. The first-order valence-electron chi connectivity index (χ1n) is 11.5. The Balaban J connectivity index is 1.50. The van der Waals surface area contributed by atoms with E-state index in [1.54, 1.807) is 0 Å². The number of aryl methyl sites for hydroxylation is 3. The number of rotatable bonds is 7. The Morgan fingerprint density at radius 2 is 1.37 bits per heavy atom. The molecule has 0 radical (unpaired) electrons. The monoisotopic (exact) mass is 480 g/mol. The molecule has 0 spiro atoms. The largest absolute Gasteiger partial charge is 0.325 e. The first-order valence-corrected chi connectivity index (χ1v) is 12.3. The van der Waals surface area contributed by atoms with Crippen LogP contribution in [-0.4, -0.2) is 11.8 Å². The lowest BCUT2D eigenvalue weighted by Gasteiger charge is -2.18. The van der Waals surface area contributed by atoms with Crippen LogP contribution in [0.2, 0.25) is 0 Å². The van der Waals surface area contributed by atoms with Crippen molar-refractivity contribution in [1.29, 1.82) is 0 Å². The van der Waals surface area contributed by atoms with Crippen molar-refractivity contribution >= 4 is 35.0 Å². The molecule has 0 bridgehead atoms. The van der Waals surface area contributed by atoms with Crippen molar-refractivity contribution in [3.8, 4) is 0 Å². The zero-order valence-electron chi connectivity index (χ0n) is 20.0. The second-order valence-electron chi connectivity index (χ2n) is 8.56. The highest BCUT2D eigenvalue weighted by atomic mass is 32.2. The van der Waals surface area contributed by atoms with E-state index >= 15 is 0 Å². The average Bonchev–Trinajstić information content (AvgIpc) is 2.86. The van der Waals surface area contributed by atoms with Gasteiger partial charge in [-0.15, -0.1) is 11.8 Å². The summed E-state index contributed by atoms with van der Waals surface area (Å²) in [5.74, 6) is -0.230. The fourth-order valence-electron chi connectivity index (χ4n) is 3.63. The molecule has 1 unspecified atom stereocenters. The SMILES string of the molecule is Cc1ccc(C(=O)Nc2ccc(SC(C(=O)Nc3cc(C)ccc3C)c3ccccc3)cc2)cc1. The minimum absolute atomic E-state index is 0.0772. The number of anilines is 2.